The van der Waals surface area contributed by atoms with Crippen molar-refractivity contribution in [3.63, 3.8) is 0 Å². The Morgan fingerprint density at radius 2 is 2.00 bits per heavy atom. The molecule has 0 heterocycles. The molecule has 4 heteroatoms. The first-order chi connectivity index (χ1) is 6.57. The number of benzene rings is 1. The third kappa shape index (κ3) is 1.79. The van der Waals surface area contributed by atoms with Gasteiger partial charge in [-0.2, -0.15) is 0 Å². The number of hydrogen-bond donors (Lipinski definition) is 2. The number of esters is 1. The van der Waals surface area contributed by atoms with Crippen LogP contribution in [-0.4, -0.2) is 12.6 Å². The van der Waals surface area contributed by atoms with Crippen LogP contribution in [0.4, 0.5) is 11.4 Å². The third-order valence-electron chi connectivity index (χ3n) is 2.00. The minimum Gasteiger partial charge on any atom is -0.462 e. The van der Waals surface area contributed by atoms with Crippen molar-refractivity contribution in [2.75, 3.05) is 18.1 Å². The van der Waals surface area contributed by atoms with Gasteiger partial charge < -0.3 is 16.2 Å². The molecule has 0 unspecified atom stereocenters. The molecule has 0 saturated heterocycles. The number of nitrogen functional groups attached to an aromatic ring is 2. The Balaban J connectivity index is 3.11. The van der Waals surface area contributed by atoms with Crippen LogP contribution in [0.5, 0.6) is 0 Å². The number of hydrogen-bond acceptors (Lipinski definition) is 4. The Morgan fingerprint density at radius 1 is 1.36 bits per heavy atom. The smallest absolute Gasteiger partial charge is 0.340 e. The minimum atomic E-state index is -0.434. The van der Waals surface area contributed by atoms with Crippen molar-refractivity contribution in [3.05, 3.63) is 23.3 Å². The standard InChI is InChI=1S/C10H14N2O2/c1-3-14-10(13)7-5-4-6(2)8(11)9(7)12/h4-5H,3,11-12H2,1-2H3. The minimum absolute atomic E-state index is 0.295. The molecule has 0 aliphatic carbocycles. The molecule has 0 atom stereocenters. The largest absolute Gasteiger partial charge is 0.462 e. The number of anilines is 2. The molecule has 0 bridgehead atoms. The van der Waals surface area contributed by atoms with E-state index in [0.717, 1.165) is 5.56 Å². The van der Waals surface area contributed by atoms with Crippen LogP contribution in [0.3, 0.4) is 0 Å². The van der Waals surface area contributed by atoms with Gasteiger partial charge in [-0.05, 0) is 25.5 Å². The van der Waals surface area contributed by atoms with Crippen LogP contribution < -0.4 is 11.5 Å². The predicted octanol–water partition coefficient (Wildman–Crippen LogP) is 1.34. The molecular weight excluding hydrogens is 180 g/mol. The van der Waals surface area contributed by atoms with Gasteiger partial charge in [-0.1, -0.05) is 6.07 Å². The van der Waals surface area contributed by atoms with E-state index < -0.39 is 5.97 Å². The maximum Gasteiger partial charge on any atom is 0.340 e. The van der Waals surface area contributed by atoms with Crippen LogP contribution in [0.15, 0.2) is 12.1 Å². The van der Waals surface area contributed by atoms with Crippen LogP contribution in [0.25, 0.3) is 0 Å². The maximum atomic E-state index is 11.4. The average molecular weight is 194 g/mol. The summed E-state index contributed by atoms with van der Waals surface area (Å²) in [6.45, 7) is 3.90. The molecule has 0 aliphatic heterocycles. The van der Waals surface area contributed by atoms with Crippen molar-refractivity contribution in [2.24, 2.45) is 0 Å². The number of nitrogens with two attached hydrogens (primary N) is 2. The van der Waals surface area contributed by atoms with Gasteiger partial charge in [0, 0.05) is 0 Å². The molecule has 0 aliphatic rings. The Bertz CT molecular complexity index is 361. The summed E-state index contributed by atoms with van der Waals surface area (Å²) in [6, 6.07) is 3.37. The maximum absolute atomic E-state index is 11.4. The molecule has 4 nitrogen and oxygen atoms in total. The highest BCUT2D eigenvalue weighted by molar-refractivity contribution is 5.98. The van der Waals surface area contributed by atoms with Crippen LogP contribution in [0.2, 0.25) is 0 Å². The molecule has 4 N–H and O–H groups in total. The lowest BCUT2D eigenvalue weighted by Gasteiger charge is -2.09. The van der Waals surface area contributed by atoms with Gasteiger partial charge in [-0.3, -0.25) is 0 Å². The highest BCUT2D eigenvalue weighted by Crippen LogP contribution is 2.24. The van der Waals surface area contributed by atoms with E-state index in [1.165, 1.54) is 0 Å². The molecule has 0 radical (unpaired) electrons. The van der Waals surface area contributed by atoms with Gasteiger partial charge in [-0.25, -0.2) is 4.79 Å². The fourth-order valence-electron chi connectivity index (χ4n) is 1.13. The quantitative estimate of drug-likeness (QED) is 0.550. The molecule has 0 saturated carbocycles. The van der Waals surface area contributed by atoms with Crippen molar-refractivity contribution in [1.82, 2.24) is 0 Å². The number of rotatable bonds is 2. The lowest BCUT2D eigenvalue weighted by atomic mass is 10.1. The number of aryl methyl sites for hydroxylation is 1. The highest BCUT2D eigenvalue weighted by atomic mass is 16.5. The Morgan fingerprint density at radius 3 is 2.57 bits per heavy atom. The Kier molecular flexibility index (Phi) is 2.96. The molecule has 1 aromatic rings. The summed E-state index contributed by atoms with van der Waals surface area (Å²) >= 11 is 0. The second kappa shape index (κ2) is 4.00. The fraction of sp³-hybridized carbons (Fsp3) is 0.300. The molecule has 0 fully saturated rings. The highest BCUT2D eigenvalue weighted by Gasteiger charge is 2.13. The molecule has 1 aromatic carbocycles. The van der Waals surface area contributed by atoms with E-state index in [1.54, 1.807) is 19.1 Å². The number of ether oxygens (including phenoxy) is 1. The summed E-state index contributed by atoms with van der Waals surface area (Å²) in [7, 11) is 0. The van der Waals surface area contributed by atoms with Gasteiger partial charge in [0.25, 0.3) is 0 Å². The van der Waals surface area contributed by atoms with Crippen molar-refractivity contribution in [1.29, 1.82) is 0 Å². The lowest BCUT2D eigenvalue weighted by Crippen LogP contribution is -2.10. The second-order valence-corrected chi connectivity index (χ2v) is 2.98. The van der Waals surface area contributed by atoms with E-state index in [2.05, 4.69) is 0 Å². The van der Waals surface area contributed by atoms with Gasteiger partial charge >= 0.3 is 5.97 Å². The van der Waals surface area contributed by atoms with Crippen LogP contribution in [0.1, 0.15) is 22.8 Å². The van der Waals surface area contributed by atoms with Gasteiger partial charge in [0.05, 0.1) is 23.5 Å². The Labute approximate surface area is 82.8 Å². The number of carbonyl (C=O) groups is 1. The fourth-order valence-corrected chi connectivity index (χ4v) is 1.13. The predicted molar refractivity (Wildman–Crippen MR) is 56.0 cm³/mol. The molecule has 0 amide bonds. The first-order valence-corrected chi connectivity index (χ1v) is 4.39. The van der Waals surface area contributed by atoms with E-state index in [-0.39, 0.29) is 0 Å². The monoisotopic (exact) mass is 194 g/mol. The van der Waals surface area contributed by atoms with E-state index in [1.807, 2.05) is 6.92 Å². The van der Waals surface area contributed by atoms with Crippen molar-refractivity contribution < 1.29 is 9.53 Å². The zero-order valence-corrected chi connectivity index (χ0v) is 8.33. The SMILES string of the molecule is CCOC(=O)c1ccc(C)c(N)c1N. The summed E-state index contributed by atoms with van der Waals surface area (Å²) in [5, 5.41) is 0. The summed E-state index contributed by atoms with van der Waals surface area (Å²) in [5.41, 5.74) is 13.3. The lowest BCUT2D eigenvalue weighted by molar-refractivity contribution is 0.0527. The molecule has 1 rings (SSSR count). The summed E-state index contributed by atoms with van der Waals surface area (Å²) < 4.78 is 4.83. The topological polar surface area (TPSA) is 78.3 Å². The van der Waals surface area contributed by atoms with E-state index in [9.17, 15) is 4.79 Å². The molecule has 0 spiro atoms. The zero-order valence-electron chi connectivity index (χ0n) is 8.33. The van der Waals surface area contributed by atoms with Gasteiger partial charge in [0.2, 0.25) is 0 Å². The van der Waals surface area contributed by atoms with E-state index >= 15 is 0 Å². The Hall–Kier alpha value is -1.71. The van der Waals surface area contributed by atoms with Crippen molar-refractivity contribution in [3.8, 4) is 0 Å². The van der Waals surface area contributed by atoms with Crippen LogP contribution >= 0.6 is 0 Å². The van der Waals surface area contributed by atoms with Crippen molar-refractivity contribution in [2.45, 2.75) is 13.8 Å². The van der Waals surface area contributed by atoms with Gasteiger partial charge in [-0.15, -0.1) is 0 Å². The third-order valence-corrected chi connectivity index (χ3v) is 2.00. The van der Waals surface area contributed by atoms with E-state index in [4.69, 9.17) is 16.2 Å². The summed E-state index contributed by atoms with van der Waals surface area (Å²) in [4.78, 5) is 11.4. The zero-order chi connectivity index (χ0) is 10.7. The van der Waals surface area contributed by atoms with Crippen molar-refractivity contribution >= 4 is 17.3 Å². The second-order valence-electron chi connectivity index (χ2n) is 2.98. The summed E-state index contributed by atoms with van der Waals surface area (Å²) in [5.74, 6) is -0.434. The number of carbonyl (C=O) groups excluding carboxylic acids is 1. The normalized spacial score (nSPS) is 9.86. The molecule has 14 heavy (non-hydrogen) atoms. The average Bonchev–Trinajstić information content (AvgIpc) is 2.15. The first kappa shape index (κ1) is 10.4. The van der Waals surface area contributed by atoms with Crippen LogP contribution in [0, 0.1) is 6.92 Å². The molecular formula is C10H14N2O2. The summed E-state index contributed by atoms with van der Waals surface area (Å²) in [6.07, 6.45) is 0. The van der Waals surface area contributed by atoms with E-state index in [0.29, 0.717) is 23.5 Å². The molecule has 76 valence electrons. The van der Waals surface area contributed by atoms with Gasteiger partial charge in [0.15, 0.2) is 0 Å². The first-order valence-electron chi connectivity index (χ1n) is 4.39. The molecule has 0 aromatic heterocycles. The van der Waals surface area contributed by atoms with Gasteiger partial charge in [0.1, 0.15) is 0 Å². The van der Waals surface area contributed by atoms with Crippen LogP contribution in [-0.2, 0) is 4.74 Å².